The van der Waals surface area contributed by atoms with Gasteiger partial charge in [-0.05, 0) is 36.2 Å². The number of carbonyl (C=O) groups is 1. The van der Waals surface area contributed by atoms with Crippen LogP contribution in [0, 0.1) is 0 Å². The Bertz CT molecular complexity index is 704. The Morgan fingerprint density at radius 2 is 1.91 bits per heavy atom. The Morgan fingerprint density at radius 3 is 2.57 bits per heavy atom. The van der Waals surface area contributed by atoms with Gasteiger partial charge in [0.25, 0.3) is 5.91 Å². The molecule has 122 valence electrons. The van der Waals surface area contributed by atoms with Gasteiger partial charge in [0, 0.05) is 16.6 Å². The molecule has 0 unspecified atom stereocenters. The summed E-state index contributed by atoms with van der Waals surface area (Å²) in [5, 5.41) is 4.02. The Kier molecular flexibility index (Phi) is 6.13. The fourth-order valence-corrected chi connectivity index (χ4v) is 2.70. The first kappa shape index (κ1) is 17.4. The molecule has 4 nitrogen and oxygen atoms in total. The lowest BCUT2D eigenvalue weighted by Gasteiger charge is -2.12. The second-order valence-electron chi connectivity index (χ2n) is 4.78. The number of nitrogens with one attached hydrogen (secondary N) is 1. The zero-order valence-corrected chi connectivity index (χ0v) is 14.4. The maximum Gasteiger partial charge on any atom is 0.255 e. The van der Waals surface area contributed by atoms with E-state index in [1.54, 1.807) is 30.3 Å². The third kappa shape index (κ3) is 4.30. The molecule has 23 heavy (non-hydrogen) atoms. The average molecular weight is 354 g/mol. The van der Waals surface area contributed by atoms with Crippen molar-refractivity contribution in [1.82, 2.24) is 5.32 Å². The largest absolute Gasteiger partial charge is 0.493 e. The van der Waals surface area contributed by atoms with Gasteiger partial charge in [-0.1, -0.05) is 35.3 Å². The van der Waals surface area contributed by atoms with E-state index in [-0.39, 0.29) is 5.91 Å². The summed E-state index contributed by atoms with van der Waals surface area (Å²) in [5.74, 6) is 0.698. The van der Waals surface area contributed by atoms with E-state index in [9.17, 15) is 4.79 Å². The first-order valence-electron chi connectivity index (χ1n) is 7.00. The maximum absolute atomic E-state index is 12.3. The maximum atomic E-state index is 12.3. The molecule has 0 spiro atoms. The van der Waals surface area contributed by atoms with Crippen molar-refractivity contribution in [1.29, 1.82) is 0 Å². The van der Waals surface area contributed by atoms with E-state index in [0.29, 0.717) is 40.1 Å². The van der Waals surface area contributed by atoms with Gasteiger partial charge in [-0.3, -0.25) is 4.79 Å². The van der Waals surface area contributed by atoms with Crippen LogP contribution in [-0.4, -0.2) is 26.7 Å². The van der Waals surface area contributed by atoms with Crippen molar-refractivity contribution in [3.05, 3.63) is 57.6 Å². The number of hydrogen-bond donors (Lipinski definition) is 1. The highest BCUT2D eigenvalue weighted by Gasteiger charge is 2.15. The predicted molar refractivity (Wildman–Crippen MR) is 92.0 cm³/mol. The van der Waals surface area contributed by atoms with E-state index in [2.05, 4.69) is 5.32 Å². The lowest BCUT2D eigenvalue weighted by molar-refractivity contribution is 0.0950. The lowest BCUT2D eigenvalue weighted by atomic mass is 10.1. The van der Waals surface area contributed by atoms with E-state index >= 15 is 0 Å². The molecule has 1 N–H and O–H groups in total. The molecule has 0 saturated carbocycles. The number of carbonyl (C=O) groups excluding carboxylic acids is 1. The fourth-order valence-electron chi connectivity index (χ4n) is 2.20. The average Bonchev–Trinajstić information content (AvgIpc) is 2.55. The van der Waals surface area contributed by atoms with Gasteiger partial charge in [0.15, 0.2) is 11.5 Å². The fraction of sp³-hybridized carbons (Fsp3) is 0.235. The number of hydrogen-bond acceptors (Lipinski definition) is 3. The number of amides is 1. The van der Waals surface area contributed by atoms with E-state index in [4.69, 9.17) is 32.7 Å². The van der Waals surface area contributed by atoms with E-state index in [1.807, 2.05) is 6.07 Å². The number of ether oxygens (including phenoxy) is 2. The predicted octanol–water partition coefficient (Wildman–Crippen LogP) is 3.98. The van der Waals surface area contributed by atoms with Crippen molar-refractivity contribution in [3.8, 4) is 11.5 Å². The minimum Gasteiger partial charge on any atom is -0.493 e. The van der Waals surface area contributed by atoms with Crippen LogP contribution >= 0.6 is 23.2 Å². The number of methoxy groups -OCH3 is 2. The molecule has 0 aliphatic rings. The van der Waals surface area contributed by atoms with Crippen molar-refractivity contribution in [2.75, 3.05) is 20.8 Å². The molecule has 0 atom stereocenters. The van der Waals surface area contributed by atoms with Crippen LogP contribution in [0.25, 0.3) is 0 Å². The van der Waals surface area contributed by atoms with Crippen LogP contribution in [0.3, 0.4) is 0 Å². The third-order valence-corrected chi connectivity index (χ3v) is 3.93. The highest BCUT2D eigenvalue weighted by Crippen LogP contribution is 2.30. The highest BCUT2D eigenvalue weighted by atomic mass is 35.5. The van der Waals surface area contributed by atoms with Gasteiger partial charge in [-0.2, -0.15) is 0 Å². The molecule has 2 rings (SSSR count). The van der Waals surface area contributed by atoms with Gasteiger partial charge in [0.1, 0.15) is 0 Å². The van der Waals surface area contributed by atoms with Crippen LogP contribution in [0.5, 0.6) is 11.5 Å². The molecule has 6 heteroatoms. The van der Waals surface area contributed by atoms with Crippen LogP contribution in [0.2, 0.25) is 10.0 Å². The second kappa shape index (κ2) is 8.09. The molecule has 0 radical (unpaired) electrons. The van der Waals surface area contributed by atoms with Crippen molar-refractivity contribution in [3.63, 3.8) is 0 Å². The zero-order chi connectivity index (χ0) is 16.8. The smallest absolute Gasteiger partial charge is 0.255 e. The highest BCUT2D eigenvalue weighted by molar-refractivity contribution is 6.35. The molecule has 0 heterocycles. The topological polar surface area (TPSA) is 47.6 Å². The normalized spacial score (nSPS) is 10.3. The molecule has 2 aromatic carbocycles. The van der Waals surface area contributed by atoms with Crippen LogP contribution in [-0.2, 0) is 6.42 Å². The molecule has 0 saturated heterocycles. The molecule has 0 aliphatic carbocycles. The minimum atomic E-state index is -0.231. The van der Waals surface area contributed by atoms with E-state index in [1.165, 1.54) is 14.2 Å². The van der Waals surface area contributed by atoms with Gasteiger partial charge in [0.05, 0.1) is 19.8 Å². The number of rotatable bonds is 6. The Morgan fingerprint density at radius 1 is 1.13 bits per heavy atom. The van der Waals surface area contributed by atoms with Crippen LogP contribution in [0.4, 0.5) is 0 Å². The molecular formula is C17H17Cl2NO3. The number of para-hydroxylation sites is 1. The molecule has 0 fully saturated rings. The van der Waals surface area contributed by atoms with Crippen molar-refractivity contribution in [2.45, 2.75) is 6.42 Å². The minimum absolute atomic E-state index is 0.231. The SMILES string of the molecule is COc1cccc(C(=O)NCCc2ccc(Cl)cc2Cl)c1OC. The first-order chi connectivity index (χ1) is 11.1. The summed E-state index contributed by atoms with van der Waals surface area (Å²) in [6.45, 7) is 0.445. The number of benzene rings is 2. The summed E-state index contributed by atoms with van der Waals surface area (Å²) in [6.07, 6.45) is 0.605. The summed E-state index contributed by atoms with van der Waals surface area (Å²) in [4.78, 5) is 12.3. The molecular weight excluding hydrogens is 337 g/mol. The Labute approximate surface area is 145 Å². The summed E-state index contributed by atoms with van der Waals surface area (Å²) in [6, 6.07) is 10.5. The molecule has 0 aliphatic heterocycles. The van der Waals surface area contributed by atoms with Gasteiger partial charge < -0.3 is 14.8 Å². The van der Waals surface area contributed by atoms with Crippen LogP contribution < -0.4 is 14.8 Å². The van der Waals surface area contributed by atoms with Crippen molar-refractivity contribution < 1.29 is 14.3 Å². The van der Waals surface area contributed by atoms with Crippen molar-refractivity contribution in [2.24, 2.45) is 0 Å². The Balaban J connectivity index is 2.03. The van der Waals surface area contributed by atoms with Crippen molar-refractivity contribution >= 4 is 29.1 Å². The van der Waals surface area contributed by atoms with Crippen LogP contribution in [0.1, 0.15) is 15.9 Å². The van der Waals surface area contributed by atoms with Gasteiger partial charge in [-0.25, -0.2) is 0 Å². The third-order valence-electron chi connectivity index (χ3n) is 3.34. The molecule has 1 amide bonds. The van der Waals surface area contributed by atoms with E-state index in [0.717, 1.165) is 5.56 Å². The van der Waals surface area contributed by atoms with Gasteiger partial charge in [-0.15, -0.1) is 0 Å². The van der Waals surface area contributed by atoms with Gasteiger partial charge in [0.2, 0.25) is 0 Å². The zero-order valence-electron chi connectivity index (χ0n) is 12.9. The number of halogens is 2. The quantitative estimate of drug-likeness (QED) is 0.854. The standard InChI is InChI=1S/C17H17Cl2NO3/c1-22-15-5-3-4-13(16(15)23-2)17(21)20-9-8-11-6-7-12(18)10-14(11)19/h3-7,10H,8-9H2,1-2H3,(H,20,21). The van der Waals surface area contributed by atoms with Gasteiger partial charge >= 0.3 is 0 Å². The van der Waals surface area contributed by atoms with E-state index < -0.39 is 0 Å². The summed E-state index contributed by atoms with van der Waals surface area (Å²) >= 11 is 12.0. The molecule has 0 bridgehead atoms. The second-order valence-corrected chi connectivity index (χ2v) is 5.63. The Hall–Kier alpha value is -1.91. The lowest BCUT2D eigenvalue weighted by Crippen LogP contribution is -2.26. The summed E-state index contributed by atoms with van der Waals surface area (Å²) in [5.41, 5.74) is 1.35. The monoisotopic (exact) mass is 353 g/mol. The summed E-state index contributed by atoms with van der Waals surface area (Å²) in [7, 11) is 3.03. The van der Waals surface area contributed by atoms with Crippen LogP contribution in [0.15, 0.2) is 36.4 Å². The first-order valence-corrected chi connectivity index (χ1v) is 7.75. The molecule has 2 aromatic rings. The molecule has 0 aromatic heterocycles. The summed E-state index contributed by atoms with van der Waals surface area (Å²) < 4.78 is 10.5.